The first kappa shape index (κ1) is 24.4. The van der Waals surface area contributed by atoms with Gasteiger partial charge in [-0.1, -0.05) is 39.0 Å². The normalized spacial score (nSPS) is 10.7. The van der Waals surface area contributed by atoms with Gasteiger partial charge in [0, 0.05) is 24.4 Å². The second kappa shape index (κ2) is 11.5. The molecular weight excluding hydrogens is 414 g/mol. The molecule has 0 heterocycles. The van der Waals surface area contributed by atoms with Gasteiger partial charge in [0.2, 0.25) is 5.91 Å². The molecule has 2 aromatic rings. The van der Waals surface area contributed by atoms with Crippen LogP contribution in [0.3, 0.4) is 0 Å². The lowest BCUT2D eigenvalue weighted by atomic mass is 10.1. The zero-order valence-corrected chi connectivity index (χ0v) is 19.2. The van der Waals surface area contributed by atoms with Crippen LogP contribution in [0.1, 0.15) is 43.1 Å². The maximum absolute atomic E-state index is 12.8. The van der Waals surface area contributed by atoms with E-state index in [4.69, 9.17) is 0 Å². The Hall–Kier alpha value is -2.87. The molecule has 8 heteroatoms. The Labute approximate surface area is 187 Å². The van der Waals surface area contributed by atoms with Crippen molar-refractivity contribution in [1.29, 1.82) is 0 Å². The van der Waals surface area contributed by atoms with E-state index in [9.17, 15) is 19.7 Å². The van der Waals surface area contributed by atoms with Crippen LogP contribution in [0.5, 0.6) is 0 Å². The lowest BCUT2D eigenvalue weighted by Gasteiger charge is -2.18. The van der Waals surface area contributed by atoms with E-state index in [1.807, 2.05) is 31.2 Å². The summed E-state index contributed by atoms with van der Waals surface area (Å²) < 4.78 is 0. The molecule has 2 amide bonds. The molecule has 2 aromatic carbocycles. The summed E-state index contributed by atoms with van der Waals surface area (Å²) in [6, 6.07) is 12.0. The number of carbonyl (C=O) groups is 2. The Balaban J connectivity index is 2.07. The number of hydrogen-bond donors (Lipinski definition) is 1. The fraction of sp³-hybridized carbons (Fsp3) is 0.391. The first-order valence-electron chi connectivity index (χ1n) is 10.3. The molecular formula is C23H29N3O4S. The number of nitrogens with one attached hydrogen (secondary N) is 1. The highest BCUT2D eigenvalue weighted by molar-refractivity contribution is 7.99. The van der Waals surface area contributed by atoms with Gasteiger partial charge in [-0.2, -0.15) is 0 Å². The van der Waals surface area contributed by atoms with Gasteiger partial charge in [0.1, 0.15) is 0 Å². The number of nitro benzene ring substituents is 1. The van der Waals surface area contributed by atoms with Crippen LogP contribution in [0.2, 0.25) is 0 Å². The molecule has 31 heavy (non-hydrogen) atoms. The molecule has 7 nitrogen and oxygen atoms in total. The van der Waals surface area contributed by atoms with E-state index in [2.05, 4.69) is 19.2 Å². The van der Waals surface area contributed by atoms with Crippen LogP contribution in [0.15, 0.2) is 47.4 Å². The minimum absolute atomic E-state index is 0.0886. The molecule has 1 N–H and O–H groups in total. The first-order valence-corrected chi connectivity index (χ1v) is 11.3. The van der Waals surface area contributed by atoms with Crippen molar-refractivity contribution in [1.82, 2.24) is 4.90 Å². The van der Waals surface area contributed by atoms with E-state index in [0.717, 1.165) is 24.2 Å². The first-order chi connectivity index (χ1) is 14.7. The summed E-state index contributed by atoms with van der Waals surface area (Å²) in [5.74, 6) is 0.509. The Bertz CT molecular complexity index is 946. The minimum atomic E-state index is -0.469. The minimum Gasteiger partial charge on any atom is -0.332 e. The molecule has 0 atom stereocenters. The van der Waals surface area contributed by atoms with Gasteiger partial charge < -0.3 is 10.2 Å². The van der Waals surface area contributed by atoms with E-state index >= 15 is 0 Å². The third kappa shape index (κ3) is 7.10. The summed E-state index contributed by atoms with van der Waals surface area (Å²) >= 11 is 1.42. The van der Waals surface area contributed by atoms with E-state index in [1.54, 1.807) is 12.1 Å². The van der Waals surface area contributed by atoms with E-state index in [1.165, 1.54) is 29.8 Å². The molecule has 0 saturated heterocycles. The second-order valence-electron chi connectivity index (χ2n) is 7.69. The van der Waals surface area contributed by atoms with Crippen molar-refractivity contribution in [3.63, 3.8) is 0 Å². The molecule has 2 rings (SSSR count). The quantitative estimate of drug-likeness (QED) is 0.317. The predicted molar refractivity (Wildman–Crippen MR) is 125 cm³/mol. The van der Waals surface area contributed by atoms with Crippen LogP contribution in [0, 0.1) is 16.0 Å². The van der Waals surface area contributed by atoms with Gasteiger partial charge >= 0.3 is 0 Å². The van der Waals surface area contributed by atoms with Crippen molar-refractivity contribution >= 4 is 35.0 Å². The van der Waals surface area contributed by atoms with E-state index < -0.39 is 10.8 Å². The van der Waals surface area contributed by atoms with Gasteiger partial charge in [-0.25, -0.2) is 0 Å². The van der Waals surface area contributed by atoms with Crippen LogP contribution >= 0.6 is 11.8 Å². The largest absolute Gasteiger partial charge is 0.332 e. The zero-order valence-electron chi connectivity index (χ0n) is 18.4. The SMILES string of the molecule is CCc1ccccc1NC(=O)CN(C)C(=O)c1ccc(SCCC(C)C)c([N+](=O)[O-])c1. The topological polar surface area (TPSA) is 92.6 Å². The molecule has 0 saturated carbocycles. The van der Waals surface area contributed by atoms with Gasteiger partial charge in [-0.05, 0) is 48.3 Å². The number of carbonyl (C=O) groups excluding carboxylic acids is 2. The van der Waals surface area contributed by atoms with Gasteiger partial charge in [0.25, 0.3) is 11.6 Å². The maximum Gasteiger partial charge on any atom is 0.283 e. The third-order valence-electron chi connectivity index (χ3n) is 4.76. The average molecular weight is 444 g/mol. The molecule has 0 spiro atoms. The number of amides is 2. The third-order valence-corrected chi connectivity index (χ3v) is 5.85. The highest BCUT2D eigenvalue weighted by Gasteiger charge is 2.21. The zero-order chi connectivity index (χ0) is 23.0. The van der Waals surface area contributed by atoms with Crippen molar-refractivity contribution < 1.29 is 14.5 Å². The number of hydrogen-bond acceptors (Lipinski definition) is 5. The smallest absolute Gasteiger partial charge is 0.283 e. The summed E-state index contributed by atoms with van der Waals surface area (Å²) in [6.45, 7) is 6.04. The van der Waals surface area contributed by atoms with E-state index in [-0.39, 0.29) is 23.7 Å². The van der Waals surface area contributed by atoms with Crippen LogP contribution in [0.25, 0.3) is 0 Å². The molecule has 0 bridgehead atoms. The van der Waals surface area contributed by atoms with E-state index in [0.29, 0.717) is 16.5 Å². The highest BCUT2D eigenvalue weighted by Crippen LogP contribution is 2.31. The summed E-state index contributed by atoms with van der Waals surface area (Å²) in [5.41, 5.74) is 1.82. The highest BCUT2D eigenvalue weighted by atomic mass is 32.2. The van der Waals surface area contributed by atoms with Crippen molar-refractivity contribution in [3.8, 4) is 0 Å². The van der Waals surface area contributed by atoms with Crippen LogP contribution < -0.4 is 5.32 Å². The van der Waals surface area contributed by atoms with Crippen molar-refractivity contribution in [2.45, 2.75) is 38.5 Å². The standard InChI is InChI=1S/C23H29N3O4S/c1-5-17-8-6-7-9-19(17)24-22(27)15-25(4)23(28)18-10-11-21(20(14-18)26(29)30)31-13-12-16(2)3/h6-11,14,16H,5,12-13,15H2,1-4H3,(H,24,27). The summed E-state index contributed by atoms with van der Waals surface area (Å²) in [5, 5.41) is 14.3. The Kier molecular flexibility index (Phi) is 9.05. The number of nitro groups is 1. The molecule has 0 fully saturated rings. The van der Waals surface area contributed by atoms with Crippen molar-refractivity contribution in [2.24, 2.45) is 5.92 Å². The molecule has 0 aliphatic carbocycles. The molecule has 0 aliphatic rings. The lowest BCUT2D eigenvalue weighted by molar-refractivity contribution is -0.387. The number of anilines is 1. The number of benzene rings is 2. The molecule has 0 radical (unpaired) electrons. The Morgan fingerprint density at radius 2 is 1.90 bits per heavy atom. The van der Waals surface area contributed by atoms with Gasteiger partial charge in [-0.15, -0.1) is 11.8 Å². The maximum atomic E-state index is 12.8. The van der Waals surface area contributed by atoms with Crippen LogP contribution in [-0.2, 0) is 11.2 Å². The summed E-state index contributed by atoms with van der Waals surface area (Å²) in [6.07, 6.45) is 1.72. The number of likely N-dealkylation sites (N-methyl/N-ethyl adjacent to an activating group) is 1. The fourth-order valence-electron chi connectivity index (χ4n) is 2.97. The van der Waals surface area contributed by atoms with Gasteiger partial charge in [0.05, 0.1) is 16.4 Å². The summed E-state index contributed by atoms with van der Waals surface area (Å²) in [7, 11) is 1.50. The van der Waals surface area contributed by atoms with Crippen LogP contribution in [0.4, 0.5) is 11.4 Å². The molecule has 0 aromatic heterocycles. The average Bonchev–Trinajstić information content (AvgIpc) is 2.73. The Morgan fingerprint density at radius 1 is 1.19 bits per heavy atom. The van der Waals surface area contributed by atoms with Gasteiger partial charge in [0.15, 0.2) is 0 Å². The van der Waals surface area contributed by atoms with Gasteiger partial charge in [-0.3, -0.25) is 19.7 Å². The number of aryl methyl sites for hydroxylation is 1. The molecule has 166 valence electrons. The van der Waals surface area contributed by atoms with Crippen molar-refractivity contribution in [2.75, 3.05) is 24.7 Å². The Morgan fingerprint density at radius 3 is 2.55 bits per heavy atom. The molecule has 0 unspecified atom stereocenters. The molecule has 0 aliphatic heterocycles. The van der Waals surface area contributed by atoms with Crippen LogP contribution in [-0.4, -0.2) is 41.0 Å². The fourth-order valence-corrected chi connectivity index (χ4v) is 4.22. The number of rotatable bonds is 10. The number of thioether (sulfide) groups is 1. The second-order valence-corrected chi connectivity index (χ2v) is 8.83. The summed E-state index contributed by atoms with van der Waals surface area (Å²) in [4.78, 5) is 38.0. The monoisotopic (exact) mass is 443 g/mol. The predicted octanol–water partition coefficient (Wildman–Crippen LogP) is 5.01. The van der Waals surface area contributed by atoms with Crippen molar-refractivity contribution in [3.05, 3.63) is 63.7 Å². The lowest BCUT2D eigenvalue weighted by Crippen LogP contribution is -2.35. The number of para-hydroxylation sites is 1. The number of nitrogens with zero attached hydrogens (tertiary/aromatic N) is 2.